The summed E-state index contributed by atoms with van der Waals surface area (Å²) in [6.07, 6.45) is 7.67. The number of nitrogens with two attached hydrogens (primary N) is 1. The summed E-state index contributed by atoms with van der Waals surface area (Å²) in [5.41, 5.74) is 6.03. The van der Waals surface area contributed by atoms with Crippen molar-refractivity contribution in [3.05, 3.63) is 0 Å². The molecule has 1 aliphatic heterocycles. The highest BCUT2D eigenvalue weighted by Crippen LogP contribution is 2.22. The van der Waals surface area contributed by atoms with Crippen LogP contribution in [0.5, 0.6) is 0 Å². The minimum absolute atomic E-state index is 0.516. The number of nitrogens with zero attached hydrogens (tertiary/aromatic N) is 2. The second kappa shape index (κ2) is 4.20. The van der Waals surface area contributed by atoms with E-state index in [-0.39, 0.29) is 0 Å². The molecule has 0 aromatic carbocycles. The third kappa shape index (κ3) is 2.02. The van der Waals surface area contributed by atoms with E-state index in [9.17, 15) is 0 Å². The van der Waals surface area contributed by atoms with Gasteiger partial charge < -0.3 is 10.6 Å². The Kier molecular flexibility index (Phi) is 2.94. The molecule has 1 aliphatic carbocycles. The van der Waals surface area contributed by atoms with E-state index in [0.717, 1.165) is 12.5 Å². The van der Waals surface area contributed by atoms with E-state index in [1.807, 2.05) is 0 Å². The van der Waals surface area contributed by atoms with Gasteiger partial charge in [-0.15, -0.1) is 0 Å². The van der Waals surface area contributed by atoms with Gasteiger partial charge in [-0.25, -0.2) is 4.99 Å². The number of likely N-dealkylation sites (tertiary alicyclic amines) is 1. The highest BCUT2D eigenvalue weighted by Gasteiger charge is 2.23. The minimum atomic E-state index is 0.516. The Bertz CT molecular complexity index is 219. The molecular formula is C11H21N3. The number of guanidine groups is 1. The van der Waals surface area contributed by atoms with Gasteiger partial charge in [0.05, 0.1) is 6.04 Å². The summed E-state index contributed by atoms with van der Waals surface area (Å²) >= 11 is 0. The second-order valence-electron chi connectivity index (χ2n) is 4.61. The van der Waals surface area contributed by atoms with Crippen LogP contribution in [-0.4, -0.2) is 29.5 Å². The first-order valence-electron chi connectivity index (χ1n) is 5.87. The quantitative estimate of drug-likeness (QED) is 0.511. The number of rotatable bonds is 1. The van der Waals surface area contributed by atoms with Gasteiger partial charge in [-0.3, -0.25) is 0 Å². The van der Waals surface area contributed by atoms with E-state index in [2.05, 4.69) is 16.8 Å². The maximum absolute atomic E-state index is 6.03. The zero-order valence-corrected chi connectivity index (χ0v) is 9.08. The Labute approximate surface area is 86.4 Å². The Morgan fingerprint density at radius 3 is 2.50 bits per heavy atom. The Balaban J connectivity index is 1.95. The summed E-state index contributed by atoms with van der Waals surface area (Å²) < 4.78 is 0. The van der Waals surface area contributed by atoms with Crippen LogP contribution in [0.25, 0.3) is 0 Å². The van der Waals surface area contributed by atoms with Crippen LogP contribution in [0.1, 0.15) is 45.4 Å². The van der Waals surface area contributed by atoms with Crippen molar-refractivity contribution >= 4 is 5.96 Å². The molecule has 0 aromatic rings. The van der Waals surface area contributed by atoms with Crippen LogP contribution in [0.2, 0.25) is 0 Å². The van der Waals surface area contributed by atoms with Gasteiger partial charge >= 0.3 is 0 Å². The van der Waals surface area contributed by atoms with Crippen LogP contribution < -0.4 is 5.73 Å². The van der Waals surface area contributed by atoms with Crippen LogP contribution in [0.4, 0.5) is 0 Å². The van der Waals surface area contributed by atoms with E-state index in [1.165, 1.54) is 38.5 Å². The molecular weight excluding hydrogens is 174 g/mol. The van der Waals surface area contributed by atoms with Crippen molar-refractivity contribution in [2.45, 2.75) is 57.5 Å². The van der Waals surface area contributed by atoms with Crippen molar-refractivity contribution < 1.29 is 0 Å². The van der Waals surface area contributed by atoms with Gasteiger partial charge in [0.25, 0.3) is 0 Å². The molecule has 1 saturated heterocycles. The third-order valence-corrected chi connectivity index (χ3v) is 3.49. The molecule has 1 saturated carbocycles. The molecule has 2 N–H and O–H groups in total. The van der Waals surface area contributed by atoms with Gasteiger partial charge in [0, 0.05) is 12.6 Å². The standard InChI is InChI=1S/C11H21N3/c1-9-5-4-8-14(9)11(12)13-10-6-2-3-7-10/h9-10H,2-8H2,1H3,(H2,12,13). The molecule has 2 rings (SSSR count). The molecule has 3 nitrogen and oxygen atoms in total. The van der Waals surface area contributed by atoms with Gasteiger partial charge in [-0.1, -0.05) is 12.8 Å². The number of aliphatic imine (C=N–C) groups is 1. The lowest BCUT2D eigenvalue weighted by Gasteiger charge is -2.23. The van der Waals surface area contributed by atoms with Gasteiger partial charge in [-0.05, 0) is 32.6 Å². The van der Waals surface area contributed by atoms with E-state index in [0.29, 0.717) is 12.1 Å². The first kappa shape index (κ1) is 9.81. The highest BCUT2D eigenvalue weighted by molar-refractivity contribution is 5.78. The molecule has 3 heteroatoms. The first-order valence-corrected chi connectivity index (χ1v) is 5.87. The zero-order valence-electron chi connectivity index (χ0n) is 9.08. The van der Waals surface area contributed by atoms with Crippen LogP contribution in [0, 0.1) is 0 Å². The lowest BCUT2D eigenvalue weighted by molar-refractivity contribution is 0.406. The highest BCUT2D eigenvalue weighted by atomic mass is 15.3. The maximum atomic E-state index is 6.03. The summed E-state index contributed by atoms with van der Waals surface area (Å²) in [6, 6.07) is 1.11. The predicted octanol–water partition coefficient (Wildman–Crippen LogP) is 1.73. The van der Waals surface area contributed by atoms with Crippen molar-refractivity contribution in [3.63, 3.8) is 0 Å². The van der Waals surface area contributed by atoms with Crippen LogP contribution in [-0.2, 0) is 0 Å². The summed E-state index contributed by atoms with van der Waals surface area (Å²) in [6.45, 7) is 3.34. The SMILES string of the molecule is CC1CCCN1C(N)=NC1CCCC1. The molecule has 0 amide bonds. The Morgan fingerprint density at radius 2 is 1.93 bits per heavy atom. The molecule has 0 radical (unpaired) electrons. The average Bonchev–Trinajstić information content (AvgIpc) is 2.75. The normalized spacial score (nSPS) is 30.2. The summed E-state index contributed by atoms with van der Waals surface area (Å²) in [5.74, 6) is 0.793. The molecule has 1 heterocycles. The molecule has 1 atom stereocenters. The van der Waals surface area contributed by atoms with E-state index < -0.39 is 0 Å². The largest absolute Gasteiger partial charge is 0.370 e. The number of hydrogen-bond acceptors (Lipinski definition) is 1. The van der Waals surface area contributed by atoms with Gasteiger partial charge in [0.15, 0.2) is 5.96 Å². The van der Waals surface area contributed by atoms with E-state index >= 15 is 0 Å². The topological polar surface area (TPSA) is 41.6 Å². The summed E-state index contributed by atoms with van der Waals surface area (Å²) in [7, 11) is 0. The number of hydrogen-bond donors (Lipinski definition) is 1. The maximum Gasteiger partial charge on any atom is 0.191 e. The van der Waals surface area contributed by atoms with Crippen LogP contribution >= 0.6 is 0 Å². The summed E-state index contributed by atoms with van der Waals surface area (Å²) in [4.78, 5) is 6.89. The molecule has 1 unspecified atom stereocenters. The van der Waals surface area contributed by atoms with Gasteiger partial charge in [0.1, 0.15) is 0 Å². The Hall–Kier alpha value is -0.730. The zero-order chi connectivity index (χ0) is 9.97. The lowest BCUT2D eigenvalue weighted by atomic mass is 10.2. The molecule has 0 spiro atoms. The molecule has 0 aromatic heterocycles. The Morgan fingerprint density at radius 1 is 1.21 bits per heavy atom. The summed E-state index contributed by atoms with van der Waals surface area (Å²) in [5, 5.41) is 0. The van der Waals surface area contributed by atoms with Crippen molar-refractivity contribution in [1.29, 1.82) is 0 Å². The molecule has 80 valence electrons. The van der Waals surface area contributed by atoms with Gasteiger partial charge in [0.2, 0.25) is 0 Å². The predicted molar refractivity (Wildman–Crippen MR) is 59.3 cm³/mol. The smallest absolute Gasteiger partial charge is 0.191 e. The van der Waals surface area contributed by atoms with E-state index in [4.69, 9.17) is 5.73 Å². The molecule has 2 aliphatic rings. The fraction of sp³-hybridized carbons (Fsp3) is 0.909. The third-order valence-electron chi connectivity index (χ3n) is 3.49. The van der Waals surface area contributed by atoms with Crippen molar-refractivity contribution in [3.8, 4) is 0 Å². The van der Waals surface area contributed by atoms with Crippen molar-refractivity contribution in [2.24, 2.45) is 10.7 Å². The van der Waals surface area contributed by atoms with Crippen molar-refractivity contribution in [2.75, 3.05) is 6.54 Å². The van der Waals surface area contributed by atoms with E-state index in [1.54, 1.807) is 0 Å². The van der Waals surface area contributed by atoms with Crippen LogP contribution in [0.3, 0.4) is 0 Å². The van der Waals surface area contributed by atoms with Crippen LogP contribution in [0.15, 0.2) is 4.99 Å². The first-order chi connectivity index (χ1) is 6.77. The molecule has 0 bridgehead atoms. The van der Waals surface area contributed by atoms with Gasteiger partial charge in [-0.2, -0.15) is 0 Å². The molecule has 14 heavy (non-hydrogen) atoms. The lowest BCUT2D eigenvalue weighted by Crippen LogP contribution is -2.40. The fourth-order valence-electron chi connectivity index (χ4n) is 2.57. The monoisotopic (exact) mass is 195 g/mol. The fourth-order valence-corrected chi connectivity index (χ4v) is 2.57. The minimum Gasteiger partial charge on any atom is -0.370 e. The second-order valence-corrected chi connectivity index (χ2v) is 4.61. The van der Waals surface area contributed by atoms with Crippen molar-refractivity contribution in [1.82, 2.24) is 4.90 Å². The average molecular weight is 195 g/mol. The molecule has 2 fully saturated rings.